The summed E-state index contributed by atoms with van der Waals surface area (Å²) in [6.45, 7) is 2.51. The second kappa shape index (κ2) is 6.56. The summed E-state index contributed by atoms with van der Waals surface area (Å²) in [4.78, 5) is 19.7. The number of carbonyl (C=O) groups is 2. The van der Waals surface area contributed by atoms with Crippen molar-refractivity contribution in [3.8, 4) is 0 Å². The molecule has 82 valence electrons. The van der Waals surface area contributed by atoms with Crippen LogP contribution in [0.3, 0.4) is 0 Å². The van der Waals surface area contributed by atoms with Gasteiger partial charge in [-0.05, 0) is 12.1 Å². The van der Waals surface area contributed by atoms with Crippen molar-refractivity contribution in [1.29, 1.82) is 0 Å². The predicted octanol–water partition coefficient (Wildman–Crippen LogP) is 1.00. The minimum absolute atomic E-state index is 0.170. The topological polar surface area (TPSA) is 83.6 Å². The molecule has 0 saturated carbocycles. The molecule has 3 N–H and O–H groups in total. The normalized spacial score (nSPS) is 8.47. The number of hydrazine groups is 1. The van der Waals surface area contributed by atoms with Gasteiger partial charge in [0, 0.05) is 13.8 Å². The van der Waals surface area contributed by atoms with E-state index in [9.17, 15) is 4.79 Å². The number of aliphatic carboxylic acids is 1. The molecule has 0 aliphatic carbocycles. The molecule has 0 bridgehead atoms. The molecule has 5 heteroatoms. The van der Waals surface area contributed by atoms with Gasteiger partial charge in [-0.3, -0.25) is 9.59 Å². The quantitative estimate of drug-likeness (QED) is 0.411. The number of rotatable bonds is 1. The van der Waals surface area contributed by atoms with Crippen LogP contribution in [0.15, 0.2) is 30.3 Å². The van der Waals surface area contributed by atoms with Crippen LogP contribution in [0.25, 0.3) is 0 Å². The third-order valence-electron chi connectivity index (χ3n) is 1.37. The van der Waals surface area contributed by atoms with Crippen molar-refractivity contribution in [2.24, 2.45) is 5.84 Å². The van der Waals surface area contributed by atoms with Gasteiger partial charge < -0.3 is 5.11 Å². The van der Waals surface area contributed by atoms with Gasteiger partial charge >= 0.3 is 0 Å². The molecule has 1 aromatic rings. The number of hydrogen-bond donors (Lipinski definition) is 2. The van der Waals surface area contributed by atoms with Gasteiger partial charge in [0.25, 0.3) is 5.97 Å². The molecule has 0 radical (unpaired) electrons. The summed E-state index contributed by atoms with van der Waals surface area (Å²) < 4.78 is 0. The van der Waals surface area contributed by atoms with E-state index < -0.39 is 5.97 Å². The Morgan fingerprint density at radius 3 is 1.93 bits per heavy atom. The Morgan fingerprint density at radius 2 is 1.60 bits per heavy atom. The highest BCUT2D eigenvalue weighted by Crippen LogP contribution is 2.08. The fraction of sp³-hybridized carbons (Fsp3) is 0.200. The number of carboxylic acid groups (broad SMARTS) is 1. The lowest BCUT2D eigenvalue weighted by molar-refractivity contribution is -0.134. The van der Waals surface area contributed by atoms with E-state index in [0.29, 0.717) is 5.69 Å². The van der Waals surface area contributed by atoms with E-state index in [2.05, 4.69) is 0 Å². The summed E-state index contributed by atoms with van der Waals surface area (Å²) in [7, 11) is 0. The van der Waals surface area contributed by atoms with Crippen molar-refractivity contribution in [2.75, 3.05) is 5.01 Å². The Labute approximate surface area is 88.1 Å². The zero-order chi connectivity index (χ0) is 11.8. The van der Waals surface area contributed by atoms with Gasteiger partial charge in [0.1, 0.15) is 0 Å². The molecule has 0 aromatic heterocycles. The van der Waals surface area contributed by atoms with Gasteiger partial charge in [-0.15, -0.1) is 0 Å². The average molecular weight is 210 g/mol. The van der Waals surface area contributed by atoms with Crippen molar-refractivity contribution in [3.05, 3.63) is 30.3 Å². The maximum Gasteiger partial charge on any atom is 0.300 e. The van der Waals surface area contributed by atoms with E-state index in [1.54, 1.807) is 12.1 Å². The predicted molar refractivity (Wildman–Crippen MR) is 57.1 cm³/mol. The van der Waals surface area contributed by atoms with E-state index in [1.165, 1.54) is 6.92 Å². The van der Waals surface area contributed by atoms with Crippen molar-refractivity contribution in [1.82, 2.24) is 0 Å². The third-order valence-corrected chi connectivity index (χ3v) is 1.37. The Balaban J connectivity index is 0.000000423. The fourth-order valence-electron chi connectivity index (χ4n) is 0.770. The summed E-state index contributed by atoms with van der Waals surface area (Å²) >= 11 is 0. The van der Waals surface area contributed by atoms with Crippen LogP contribution in [0.5, 0.6) is 0 Å². The molecule has 0 aliphatic heterocycles. The highest BCUT2D eigenvalue weighted by atomic mass is 16.4. The Kier molecular flexibility index (Phi) is 5.73. The first-order valence-electron chi connectivity index (χ1n) is 4.25. The summed E-state index contributed by atoms with van der Waals surface area (Å²) in [5.74, 6) is 4.42. The van der Waals surface area contributed by atoms with E-state index in [0.717, 1.165) is 11.9 Å². The summed E-state index contributed by atoms with van der Waals surface area (Å²) in [6, 6.07) is 9.09. The monoisotopic (exact) mass is 210 g/mol. The van der Waals surface area contributed by atoms with Gasteiger partial charge in [0.15, 0.2) is 0 Å². The number of hydrogen-bond acceptors (Lipinski definition) is 3. The number of carboxylic acids is 1. The largest absolute Gasteiger partial charge is 0.481 e. The number of para-hydroxylation sites is 1. The van der Waals surface area contributed by atoms with Crippen LogP contribution in [0, 0.1) is 0 Å². The molecule has 1 aromatic carbocycles. The molecule has 1 rings (SSSR count). The number of nitrogens with zero attached hydrogens (tertiary/aromatic N) is 1. The lowest BCUT2D eigenvalue weighted by atomic mass is 10.3. The van der Waals surface area contributed by atoms with Crippen LogP contribution >= 0.6 is 0 Å². The highest BCUT2D eigenvalue weighted by molar-refractivity contribution is 5.89. The molecule has 0 saturated heterocycles. The van der Waals surface area contributed by atoms with Crippen molar-refractivity contribution < 1.29 is 14.7 Å². The molecule has 0 unspecified atom stereocenters. The van der Waals surface area contributed by atoms with E-state index in [1.807, 2.05) is 18.2 Å². The third kappa shape index (κ3) is 6.23. The summed E-state index contributed by atoms with van der Waals surface area (Å²) in [5, 5.41) is 8.53. The highest BCUT2D eigenvalue weighted by Gasteiger charge is 2.03. The number of benzene rings is 1. The first-order valence-corrected chi connectivity index (χ1v) is 4.25. The Hall–Kier alpha value is -1.88. The smallest absolute Gasteiger partial charge is 0.300 e. The van der Waals surface area contributed by atoms with Gasteiger partial charge in [0.05, 0.1) is 5.69 Å². The molecular weight excluding hydrogens is 196 g/mol. The van der Waals surface area contributed by atoms with Crippen LogP contribution in [0.1, 0.15) is 13.8 Å². The van der Waals surface area contributed by atoms with Crippen LogP contribution < -0.4 is 10.9 Å². The molecule has 15 heavy (non-hydrogen) atoms. The zero-order valence-corrected chi connectivity index (χ0v) is 8.68. The molecule has 0 spiro atoms. The molecule has 0 fully saturated rings. The average Bonchev–Trinajstić information content (AvgIpc) is 2.17. The number of amides is 1. The first-order chi connectivity index (χ1) is 6.95. The number of nitrogens with two attached hydrogens (primary N) is 1. The van der Waals surface area contributed by atoms with E-state index in [4.69, 9.17) is 15.7 Å². The first kappa shape index (κ1) is 13.1. The van der Waals surface area contributed by atoms with Crippen LogP contribution in [-0.4, -0.2) is 17.0 Å². The molecule has 1 amide bonds. The molecule has 0 atom stereocenters. The van der Waals surface area contributed by atoms with Gasteiger partial charge in [0.2, 0.25) is 5.91 Å². The van der Waals surface area contributed by atoms with Crippen LogP contribution in [0.4, 0.5) is 5.69 Å². The molecule has 0 heterocycles. The second-order valence-corrected chi connectivity index (χ2v) is 2.74. The Morgan fingerprint density at radius 1 is 1.20 bits per heavy atom. The maximum absolute atomic E-state index is 10.7. The van der Waals surface area contributed by atoms with Crippen LogP contribution in [0.2, 0.25) is 0 Å². The molecule has 5 nitrogen and oxygen atoms in total. The lowest BCUT2D eigenvalue weighted by Gasteiger charge is -2.13. The maximum atomic E-state index is 10.7. The number of anilines is 1. The van der Waals surface area contributed by atoms with Crippen LogP contribution in [-0.2, 0) is 9.59 Å². The standard InChI is InChI=1S/C8H10N2O.C2H4O2/c1-7(11)10(9)8-5-3-2-4-6-8;1-2(3)4/h2-6H,9H2,1H3;1H3,(H,3,4). The van der Waals surface area contributed by atoms with Gasteiger partial charge in [-0.25, -0.2) is 10.9 Å². The van der Waals surface area contributed by atoms with E-state index in [-0.39, 0.29) is 5.91 Å². The van der Waals surface area contributed by atoms with Crippen molar-refractivity contribution in [2.45, 2.75) is 13.8 Å². The van der Waals surface area contributed by atoms with Gasteiger partial charge in [-0.2, -0.15) is 0 Å². The number of carbonyl (C=O) groups excluding carboxylic acids is 1. The van der Waals surface area contributed by atoms with E-state index >= 15 is 0 Å². The van der Waals surface area contributed by atoms with Crippen molar-refractivity contribution in [3.63, 3.8) is 0 Å². The fourth-order valence-corrected chi connectivity index (χ4v) is 0.770. The minimum atomic E-state index is -0.833. The van der Waals surface area contributed by atoms with Gasteiger partial charge in [-0.1, -0.05) is 18.2 Å². The zero-order valence-electron chi connectivity index (χ0n) is 8.68. The lowest BCUT2D eigenvalue weighted by Crippen LogP contribution is -2.35. The SMILES string of the molecule is CC(=O)N(N)c1ccccc1.CC(=O)O. The summed E-state index contributed by atoms with van der Waals surface area (Å²) in [5.41, 5.74) is 0.708. The summed E-state index contributed by atoms with van der Waals surface area (Å²) in [6.07, 6.45) is 0. The van der Waals surface area contributed by atoms with Crippen molar-refractivity contribution >= 4 is 17.6 Å². The second-order valence-electron chi connectivity index (χ2n) is 2.74. The molecular formula is C10H14N2O3. The Bertz CT molecular complexity index is 321. The molecule has 0 aliphatic rings. The minimum Gasteiger partial charge on any atom is -0.481 e.